The van der Waals surface area contributed by atoms with Gasteiger partial charge in [-0.2, -0.15) is 10.2 Å². The molecule has 2 aromatic heterocycles. The fourth-order valence-electron chi connectivity index (χ4n) is 2.44. The number of rotatable bonds is 6. The summed E-state index contributed by atoms with van der Waals surface area (Å²) in [6, 6.07) is 7.80. The van der Waals surface area contributed by atoms with Crippen LogP contribution in [-0.2, 0) is 13.1 Å². The van der Waals surface area contributed by atoms with Crippen molar-refractivity contribution in [3.63, 3.8) is 0 Å². The highest BCUT2D eigenvalue weighted by atomic mass is 16.5. The maximum absolute atomic E-state index is 11.1. The summed E-state index contributed by atoms with van der Waals surface area (Å²) in [6.07, 6.45) is 3.63. The number of nitrogens with zero attached hydrogens (tertiary/aromatic N) is 4. The highest BCUT2D eigenvalue weighted by Crippen LogP contribution is 2.23. The summed E-state index contributed by atoms with van der Waals surface area (Å²) in [7, 11) is 3.60. The van der Waals surface area contributed by atoms with Crippen LogP contribution in [0.1, 0.15) is 11.4 Å². The van der Waals surface area contributed by atoms with Crippen molar-refractivity contribution in [1.29, 1.82) is 0 Å². The Hall–Kier alpha value is -2.87. The van der Waals surface area contributed by atoms with Crippen molar-refractivity contribution in [2.75, 3.05) is 14.2 Å². The number of H-pyrrole nitrogens is 2. The second kappa shape index (κ2) is 6.49. The summed E-state index contributed by atoms with van der Waals surface area (Å²) < 4.78 is 7.24. The zero-order valence-electron chi connectivity index (χ0n) is 13.0. The first-order valence-electron chi connectivity index (χ1n) is 7.15. The molecule has 0 amide bonds. The Balaban J connectivity index is 1.80. The Kier molecular flexibility index (Phi) is 4.24. The van der Waals surface area contributed by atoms with Crippen molar-refractivity contribution in [3.8, 4) is 11.4 Å². The molecule has 0 unspecified atom stereocenters. The SMILES string of the molecule is COc1ccc(-n2cccn2)cc1CN(C)Cc1n[nH]c(=O)[nH]1. The fraction of sp³-hybridized carbons (Fsp3) is 0.267. The van der Waals surface area contributed by atoms with Gasteiger partial charge in [-0.05, 0) is 31.3 Å². The van der Waals surface area contributed by atoms with Gasteiger partial charge in [0, 0.05) is 24.5 Å². The van der Waals surface area contributed by atoms with Crippen molar-refractivity contribution >= 4 is 0 Å². The van der Waals surface area contributed by atoms with Crippen molar-refractivity contribution < 1.29 is 4.74 Å². The quantitative estimate of drug-likeness (QED) is 0.706. The maximum Gasteiger partial charge on any atom is 0.340 e. The van der Waals surface area contributed by atoms with Gasteiger partial charge < -0.3 is 4.74 Å². The summed E-state index contributed by atoms with van der Waals surface area (Å²) >= 11 is 0. The lowest BCUT2D eigenvalue weighted by Crippen LogP contribution is -2.19. The second-order valence-corrected chi connectivity index (χ2v) is 5.24. The van der Waals surface area contributed by atoms with Gasteiger partial charge in [-0.1, -0.05) is 0 Å². The molecule has 0 atom stereocenters. The molecule has 0 spiro atoms. The van der Waals surface area contributed by atoms with E-state index >= 15 is 0 Å². The van der Waals surface area contributed by atoms with Crippen LogP contribution in [0.2, 0.25) is 0 Å². The lowest BCUT2D eigenvalue weighted by atomic mass is 10.1. The van der Waals surface area contributed by atoms with Crippen LogP contribution in [-0.4, -0.2) is 44.0 Å². The zero-order valence-corrected chi connectivity index (χ0v) is 13.0. The summed E-state index contributed by atoms with van der Waals surface area (Å²) in [5, 5.41) is 10.5. The standard InChI is InChI=1S/C15H18N6O2/c1-20(10-14-17-15(22)19-18-14)9-11-8-12(4-5-13(11)23-2)21-7-3-6-16-21/h3-8H,9-10H2,1-2H3,(H2,17,18,19,22). The van der Waals surface area contributed by atoms with E-state index in [1.54, 1.807) is 18.0 Å². The molecule has 0 saturated heterocycles. The van der Waals surface area contributed by atoms with Crippen molar-refractivity contribution in [3.05, 3.63) is 58.5 Å². The van der Waals surface area contributed by atoms with Gasteiger partial charge in [0.05, 0.1) is 19.3 Å². The van der Waals surface area contributed by atoms with Gasteiger partial charge in [-0.3, -0.25) is 9.88 Å². The molecule has 0 aliphatic heterocycles. The Morgan fingerprint density at radius 2 is 2.22 bits per heavy atom. The minimum atomic E-state index is -0.299. The van der Waals surface area contributed by atoms with Crippen LogP contribution in [0.4, 0.5) is 0 Å². The maximum atomic E-state index is 11.1. The van der Waals surface area contributed by atoms with Gasteiger partial charge in [0.1, 0.15) is 11.6 Å². The molecule has 8 nitrogen and oxygen atoms in total. The number of hydrogen-bond donors (Lipinski definition) is 2. The number of hydrogen-bond acceptors (Lipinski definition) is 5. The van der Waals surface area contributed by atoms with Crippen LogP contribution in [0.3, 0.4) is 0 Å². The molecular weight excluding hydrogens is 296 g/mol. The number of nitrogens with one attached hydrogen (secondary N) is 2. The van der Waals surface area contributed by atoms with E-state index in [4.69, 9.17) is 4.74 Å². The summed E-state index contributed by atoms with van der Waals surface area (Å²) in [6.45, 7) is 1.17. The third kappa shape index (κ3) is 3.49. The molecule has 8 heteroatoms. The fourth-order valence-corrected chi connectivity index (χ4v) is 2.44. The van der Waals surface area contributed by atoms with E-state index in [0.717, 1.165) is 17.0 Å². The smallest absolute Gasteiger partial charge is 0.340 e. The molecule has 2 N–H and O–H groups in total. The summed E-state index contributed by atoms with van der Waals surface area (Å²) in [4.78, 5) is 15.8. The van der Waals surface area contributed by atoms with Crippen LogP contribution in [0.5, 0.6) is 5.75 Å². The topological polar surface area (TPSA) is 91.8 Å². The highest BCUT2D eigenvalue weighted by molar-refractivity contribution is 5.43. The number of methoxy groups -OCH3 is 1. The van der Waals surface area contributed by atoms with E-state index in [-0.39, 0.29) is 5.69 Å². The van der Waals surface area contributed by atoms with Gasteiger partial charge in [0.2, 0.25) is 0 Å². The Labute approximate surface area is 132 Å². The van der Waals surface area contributed by atoms with Gasteiger partial charge >= 0.3 is 5.69 Å². The first-order chi connectivity index (χ1) is 11.2. The molecule has 0 saturated carbocycles. The molecule has 0 aliphatic carbocycles. The Morgan fingerprint density at radius 1 is 1.35 bits per heavy atom. The number of ether oxygens (including phenoxy) is 1. The molecule has 120 valence electrons. The highest BCUT2D eigenvalue weighted by Gasteiger charge is 2.10. The average Bonchev–Trinajstić information content (AvgIpc) is 3.19. The van der Waals surface area contributed by atoms with Crippen molar-refractivity contribution in [2.45, 2.75) is 13.1 Å². The van der Waals surface area contributed by atoms with E-state index in [0.29, 0.717) is 18.9 Å². The van der Waals surface area contributed by atoms with Crippen LogP contribution >= 0.6 is 0 Å². The molecule has 0 aliphatic rings. The molecule has 23 heavy (non-hydrogen) atoms. The van der Waals surface area contributed by atoms with E-state index in [1.165, 1.54) is 0 Å². The summed E-state index contributed by atoms with van der Waals surface area (Å²) in [5.74, 6) is 1.41. The third-order valence-electron chi connectivity index (χ3n) is 3.44. The average molecular weight is 314 g/mol. The monoisotopic (exact) mass is 314 g/mol. The first-order valence-corrected chi connectivity index (χ1v) is 7.15. The molecule has 1 aromatic carbocycles. The molecule has 0 fully saturated rings. The van der Waals surface area contributed by atoms with E-state index in [1.807, 2.05) is 42.4 Å². The molecule has 3 rings (SSSR count). The van der Waals surface area contributed by atoms with Crippen LogP contribution in [0.25, 0.3) is 5.69 Å². The normalized spacial score (nSPS) is 11.1. The Bertz CT molecular complexity index is 821. The van der Waals surface area contributed by atoms with Crippen LogP contribution < -0.4 is 10.4 Å². The number of aromatic nitrogens is 5. The number of aromatic amines is 2. The minimum Gasteiger partial charge on any atom is -0.496 e. The molecule has 3 aromatic rings. The second-order valence-electron chi connectivity index (χ2n) is 5.24. The molecular formula is C15H18N6O2. The van der Waals surface area contributed by atoms with Gasteiger partial charge in [0.15, 0.2) is 0 Å². The zero-order chi connectivity index (χ0) is 16.2. The largest absolute Gasteiger partial charge is 0.496 e. The predicted molar refractivity (Wildman–Crippen MR) is 84.5 cm³/mol. The third-order valence-corrected chi connectivity index (χ3v) is 3.44. The van der Waals surface area contributed by atoms with Crippen molar-refractivity contribution in [1.82, 2.24) is 29.9 Å². The van der Waals surface area contributed by atoms with Crippen LogP contribution in [0.15, 0.2) is 41.5 Å². The molecule has 2 heterocycles. The molecule has 0 bridgehead atoms. The Morgan fingerprint density at radius 3 is 2.87 bits per heavy atom. The van der Waals surface area contributed by atoms with E-state index in [2.05, 4.69) is 20.3 Å². The number of benzene rings is 1. The van der Waals surface area contributed by atoms with Crippen LogP contribution in [0, 0.1) is 0 Å². The van der Waals surface area contributed by atoms with Gasteiger partial charge in [0.25, 0.3) is 0 Å². The van der Waals surface area contributed by atoms with E-state index < -0.39 is 0 Å². The summed E-state index contributed by atoms with van der Waals surface area (Å²) in [5.41, 5.74) is 1.69. The van der Waals surface area contributed by atoms with E-state index in [9.17, 15) is 4.79 Å². The van der Waals surface area contributed by atoms with Gasteiger partial charge in [-0.25, -0.2) is 14.6 Å². The molecule has 0 radical (unpaired) electrons. The first kappa shape index (κ1) is 15.0. The lowest BCUT2D eigenvalue weighted by molar-refractivity contribution is 0.303. The van der Waals surface area contributed by atoms with Crippen molar-refractivity contribution in [2.24, 2.45) is 0 Å². The minimum absolute atomic E-state index is 0.299. The lowest BCUT2D eigenvalue weighted by Gasteiger charge is -2.18. The predicted octanol–water partition coefficient (Wildman–Crippen LogP) is 0.924. The van der Waals surface area contributed by atoms with Gasteiger partial charge in [-0.15, -0.1) is 0 Å².